The second-order valence-corrected chi connectivity index (χ2v) is 21.3. The molecule has 2 aromatic carbocycles. The van der Waals surface area contributed by atoms with E-state index in [4.69, 9.17) is 15.1 Å². The van der Waals surface area contributed by atoms with Crippen molar-refractivity contribution in [2.75, 3.05) is 10.6 Å². The average Bonchev–Trinajstić information content (AvgIpc) is 4.58. The molecule has 5 aliphatic rings. The molecule has 6 atom stereocenters. The number of hydrogen-bond acceptors (Lipinski definition) is 14. The first kappa shape index (κ1) is 52.1. The SMILES string of the molecule is CC(=O)Nc1cc(C2C[C@H]3CC[C@@H](C2)C3)nc2c(-c3ccc(-c4ccccc4)nc3)cnn12.CC(=O)Nc1cc(C2C[C@H]3CC[C@@H](C2)N3C(=O)c2ncn[nH]2)nc2c(-c3ccc(-c4ccccc4)nc3)cnn12.O=C(O)C1=NN=CC1. The van der Waals surface area contributed by atoms with Gasteiger partial charge in [0.05, 0.1) is 23.8 Å². The van der Waals surface area contributed by atoms with Crippen LogP contribution in [0.1, 0.15) is 112 Å². The molecule has 21 nitrogen and oxygen atoms in total. The predicted octanol–water partition coefficient (Wildman–Crippen LogP) is 9.70. The molecule has 2 saturated heterocycles. The molecule has 408 valence electrons. The van der Waals surface area contributed by atoms with Crippen molar-refractivity contribution < 1.29 is 24.3 Å². The van der Waals surface area contributed by atoms with Gasteiger partial charge in [0.15, 0.2) is 17.0 Å². The lowest BCUT2D eigenvalue weighted by Crippen LogP contribution is -2.46. The summed E-state index contributed by atoms with van der Waals surface area (Å²) in [5.41, 5.74) is 11.1. The van der Waals surface area contributed by atoms with Crippen molar-refractivity contribution in [1.29, 1.82) is 0 Å². The number of nitrogens with zero attached hydrogens (tertiary/aromatic N) is 13. The molecule has 3 aliphatic heterocycles. The van der Waals surface area contributed by atoms with E-state index in [0.29, 0.717) is 29.6 Å². The van der Waals surface area contributed by atoms with E-state index in [1.165, 1.54) is 58.5 Å². The Bertz CT molecular complexity index is 3820. The zero-order valence-electron chi connectivity index (χ0n) is 44.6. The molecule has 2 aliphatic carbocycles. The van der Waals surface area contributed by atoms with Crippen molar-refractivity contribution in [2.45, 2.75) is 102 Å². The lowest BCUT2D eigenvalue weighted by molar-refractivity contribution is -0.129. The number of hydrogen-bond donors (Lipinski definition) is 4. The fourth-order valence-corrected chi connectivity index (χ4v) is 12.3. The first-order valence-corrected chi connectivity index (χ1v) is 27.4. The third kappa shape index (κ3) is 11.1. The minimum Gasteiger partial charge on any atom is -0.477 e. The molecule has 2 unspecified atom stereocenters. The zero-order chi connectivity index (χ0) is 55.6. The van der Waals surface area contributed by atoms with Crippen LogP contribution in [0.15, 0.2) is 138 Å². The van der Waals surface area contributed by atoms with Gasteiger partial charge in [0, 0.05) is 120 Å². The Balaban J connectivity index is 0.000000143. The van der Waals surface area contributed by atoms with Gasteiger partial charge in [-0.3, -0.25) is 29.5 Å². The highest BCUT2D eigenvalue weighted by atomic mass is 16.4. The van der Waals surface area contributed by atoms with E-state index in [-0.39, 0.29) is 47.3 Å². The first-order valence-electron chi connectivity index (χ1n) is 27.4. The van der Waals surface area contributed by atoms with Crippen LogP contribution in [0.25, 0.3) is 56.1 Å². The third-order valence-electron chi connectivity index (χ3n) is 16.0. The van der Waals surface area contributed by atoms with E-state index in [1.807, 2.05) is 102 Å². The van der Waals surface area contributed by atoms with Crippen LogP contribution in [0.5, 0.6) is 0 Å². The second-order valence-electron chi connectivity index (χ2n) is 21.3. The normalized spacial score (nSPS) is 20.5. The Hall–Kier alpha value is -9.66. The summed E-state index contributed by atoms with van der Waals surface area (Å²) in [6.45, 7) is 3.01. The number of aromatic amines is 1. The Morgan fingerprint density at radius 2 is 1.11 bits per heavy atom. The summed E-state index contributed by atoms with van der Waals surface area (Å²) in [5.74, 6) is 2.35. The number of rotatable bonds is 10. The number of benzene rings is 2. The molecular formula is C60H58N16O5. The van der Waals surface area contributed by atoms with Crippen molar-refractivity contribution in [3.63, 3.8) is 0 Å². The molecule has 14 rings (SSSR count). The molecule has 0 radical (unpaired) electrons. The monoisotopic (exact) mass is 1080 g/mol. The molecule has 2 saturated carbocycles. The summed E-state index contributed by atoms with van der Waals surface area (Å²) in [5, 5.41) is 36.5. The summed E-state index contributed by atoms with van der Waals surface area (Å²) in [4.78, 5) is 72.7. The van der Waals surface area contributed by atoms with Crippen LogP contribution >= 0.6 is 0 Å². The van der Waals surface area contributed by atoms with Crippen LogP contribution in [0.4, 0.5) is 11.6 Å². The summed E-state index contributed by atoms with van der Waals surface area (Å²) in [6.07, 6.45) is 20.4. The summed E-state index contributed by atoms with van der Waals surface area (Å²) >= 11 is 0. The van der Waals surface area contributed by atoms with Gasteiger partial charge >= 0.3 is 5.97 Å². The van der Waals surface area contributed by atoms with Crippen LogP contribution in [-0.4, -0.2) is 112 Å². The maximum Gasteiger partial charge on any atom is 0.352 e. The molecule has 21 heteroatoms. The van der Waals surface area contributed by atoms with Crippen LogP contribution in [-0.2, 0) is 14.4 Å². The van der Waals surface area contributed by atoms with Crippen molar-refractivity contribution >= 4 is 58.5 Å². The lowest BCUT2D eigenvalue weighted by Gasteiger charge is -2.38. The van der Waals surface area contributed by atoms with Gasteiger partial charge in [-0.25, -0.2) is 19.7 Å². The average molecular weight is 1080 g/mol. The highest BCUT2D eigenvalue weighted by Crippen LogP contribution is 2.49. The molecule has 7 aromatic heterocycles. The molecule has 81 heavy (non-hydrogen) atoms. The van der Waals surface area contributed by atoms with E-state index in [1.54, 1.807) is 15.2 Å². The van der Waals surface area contributed by atoms with Crippen LogP contribution in [0, 0.1) is 11.8 Å². The highest BCUT2D eigenvalue weighted by Gasteiger charge is 2.45. The predicted molar refractivity (Wildman–Crippen MR) is 304 cm³/mol. The number of nitrogens with one attached hydrogen (secondary N) is 3. The first-order chi connectivity index (χ1) is 39.5. The Morgan fingerprint density at radius 3 is 1.53 bits per heavy atom. The van der Waals surface area contributed by atoms with Crippen LogP contribution < -0.4 is 10.6 Å². The van der Waals surface area contributed by atoms with Gasteiger partial charge in [-0.1, -0.05) is 85.6 Å². The molecule has 4 bridgehead atoms. The van der Waals surface area contributed by atoms with Gasteiger partial charge in [0.1, 0.15) is 18.0 Å². The maximum atomic E-state index is 13.1. The number of fused-ring (bicyclic) bond motifs is 6. The standard InChI is InChI=1S/C29H27N9O2.C27H27N5O.C4H4N2O2/c1-17(39)34-26-13-25(20-11-21-8-9-22(12-20)37(21)29(40)27-31-16-32-36-27)35-28-23(15-33-38(26)28)19-7-10-24(30-14-19)18-5-3-2-4-6-18;1-17(33)30-26-14-25(22-12-18-7-8-19(11-18)13-22)31-27-23(16-29-32(26)27)21-9-10-24(28-15-21)20-5-3-2-4-6-20;7-4(8)3-1-2-5-6-3/h2-7,10,13-16,20-22H,8-9,11-12H2,1H3,(H,34,39)(H,31,32,36);2-6,9-10,14-16,18-19,22H,7-8,11-13H2,1H3,(H,30,33);2H,1H2,(H,7,8)/t20?,21-,22+;18-,19+,22?;. The number of aliphatic carboxylic acids is 1. The number of carbonyl (C=O) groups is 4. The Labute approximate surface area is 465 Å². The molecule has 4 N–H and O–H groups in total. The van der Waals surface area contributed by atoms with Crippen LogP contribution in [0.2, 0.25) is 0 Å². The van der Waals surface area contributed by atoms with Crippen molar-refractivity contribution in [3.05, 3.63) is 145 Å². The minimum absolute atomic E-state index is 0.0997. The van der Waals surface area contributed by atoms with Gasteiger partial charge in [-0.05, 0) is 68.9 Å². The fourth-order valence-electron chi connectivity index (χ4n) is 12.3. The number of aromatic nitrogens is 11. The topological polar surface area (TPSA) is 268 Å². The zero-order valence-corrected chi connectivity index (χ0v) is 44.6. The minimum atomic E-state index is -0.984. The van der Waals surface area contributed by atoms with E-state index < -0.39 is 5.97 Å². The van der Waals surface area contributed by atoms with E-state index in [9.17, 15) is 19.2 Å². The van der Waals surface area contributed by atoms with E-state index in [0.717, 1.165) is 99.3 Å². The fraction of sp³-hybridized carbons (Fsp3) is 0.300. The van der Waals surface area contributed by atoms with Gasteiger partial charge in [-0.15, -0.1) is 5.10 Å². The van der Waals surface area contributed by atoms with E-state index in [2.05, 4.69) is 74.4 Å². The van der Waals surface area contributed by atoms with Crippen molar-refractivity contribution in [3.8, 4) is 44.8 Å². The second kappa shape index (κ2) is 22.6. The molecule has 3 amide bonds. The largest absolute Gasteiger partial charge is 0.477 e. The third-order valence-corrected chi connectivity index (χ3v) is 16.0. The summed E-state index contributed by atoms with van der Waals surface area (Å²) in [7, 11) is 0. The molecular weight excluding hydrogens is 1020 g/mol. The number of carbonyl (C=O) groups excluding carboxylic acids is 3. The number of carboxylic acid groups (broad SMARTS) is 1. The number of pyridine rings is 2. The summed E-state index contributed by atoms with van der Waals surface area (Å²) < 4.78 is 3.41. The molecule has 4 fully saturated rings. The lowest BCUT2D eigenvalue weighted by atomic mass is 9.79. The van der Waals surface area contributed by atoms with Crippen LogP contribution in [0.3, 0.4) is 0 Å². The number of anilines is 2. The quantitative estimate of drug-likeness (QED) is 0.0994. The number of piperidine rings is 1. The number of H-pyrrole nitrogens is 1. The number of carboxylic acids is 1. The molecule has 10 heterocycles. The van der Waals surface area contributed by atoms with Crippen molar-refractivity contribution in [2.24, 2.45) is 22.0 Å². The summed E-state index contributed by atoms with van der Waals surface area (Å²) in [6, 6.07) is 32.4. The highest BCUT2D eigenvalue weighted by molar-refractivity contribution is 6.38. The van der Waals surface area contributed by atoms with Gasteiger partial charge < -0.3 is 20.6 Å². The smallest absolute Gasteiger partial charge is 0.352 e. The molecule has 9 aromatic rings. The Kier molecular flexibility index (Phi) is 14.5. The number of amides is 3. The molecule has 0 spiro atoms. The maximum absolute atomic E-state index is 13.1. The van der Waals surface area contributed by atoms with Crippen molar-refractivity contribution in [1.82, 2.24) is 59.2 Å². The van der Waals surface area contributed by atoms with Gasteiger partial charge in [0.25, 0.3) is 5.91 Å². The van der Waals surface area contributed by atoms with E-state index >= 15 is 0 Å². The van der Waals surface area contributed by atoms with Gasteiger partial charge in [-0.2, -0.15) is 29.4 Å². The Morgan fingerprint density at radius 1 is 0.593 bits per heavy atom. The van der Waals surface area contributed by atoms with Gasteiger partial charge in [0.2, 0.25) is 17.6 Å².